The topological polar surface area (TPSA) is 82.1 Å². The van der Waals surface area contributed by atoms with Crippen LogP contribution in [0.5, 0.6) is 0 Å². The molecule has 0 radical (unpaired) electrons. The zero-order valence-corrected chi connectivity index (χ0v) is 18.5. The largest absolute Gasteiger partial charge is 0.367 e. The Bertz CT molecular complexity index is 1370. The number of fused-ring (bicyclic) bond motifs is 1. The molecule has 7 nitrogen and oxygen atoms in total. The van der Waals surface area contributed by atoms with Gasteiger partial charge in [0.15, 0.2) is 0 Å². The number of aryl methyl sites for hydroxylation is 2. The van der Waals surface area contributed by atoms with Gasteiger partial charge in [-0.05, 0) is 37.1 Å². The van der Waals surface area contributed by atoms with Gasteiger partial charge in [-0.2, -0.15) is 10.2 Å². The summed E-state index contributed by atoms with van der Waals surface area (Å²) in [6, 6.07) is 13.1. The molecule has 0 amide bonds. The van der Waals surface area contributed by atoms with Gasteiger partial charge < -0.3 is 9.42 Å². The molecule has 2 aromatic heterocycles. The fourth-order valence-corrected chi connectivity index (χ4v) is 4.42. The van der Waals surface area contributed by atoms with E-state index < -0.39 is 0 Å². The van der Waals surface area contributed by atoms with E-state index in [1.54, 1.807) is 6.20 Å². The summed E-state index contributed by atoms with van der Waals surface area (Å²) in [4.78, 5) is 13.4. The first kappa shape index (κ1) is 21.0. The smallest absolute Gasteiger partial charge is 0.241 e. The molecular weight excluding hydrogens is 419 g/mol. The van der Waals surface area contributed by atoms with Gasteiger partial charge in [0.1, 0.15) is 11.9 Å². The van der Waals surface area contributed by atoms with Crippen molar-refractivity contribution in [1.29, 1.82) is 5.26 Å². The summed E-state index contributed by atoms with van der Waals surface area (Å²) in [5.74, 6) is 0.852. The number of nitrogens with zero attached hydrogens (tertiary/aromatic N) is 6. The number of pyridine rings is 1. The van der Waals surface area contributed by atoms with Gasteiger partial charge in [-0.15, -0.1) is 0 Å². The summed E-state index contributed by atoms with van der Waals surface area (Å²) in [5.41, 5.74) is 4.76. The maximum absolute atomic E-state index is 14.2. The normalized spacial score (nSPS) is 14.5. The lowest BCUT2D eigenvalue weighted by molar-refractivity contribution is 0.215. The van der Waals surface area contributed by atoms with Gasteiger partial charge in [-0.3, -0.25) is 9.88 Å². The van der Waals surface area contributed by atoms with Gasteiger partial charge in [0.2, 0.25) is 11.7 Å². The van der Waals surface area contributed by atoms with Crippen molar-refractivity contribution < 1.29 is 8.91 Å². The molecule has 33 heavy (non-hydrogen) atoms. The van der Waals surface area contributed by atoms with Crippen LogP contribution in [0.1, 0.15) is 22.6 Å². The predicted octanol–water partition coefficient (Wildman–Crippen LogP) is 4.23. The SMILES string of the molecule is Cc1ccccc1-c1noc(CN2CCN(c3c(C#N)cnc4c(C)cc(F)cc34)CC2)n1. The molecule has 166 valence electrons. The lowest BCUT2D eigenvalue weighted by Crippen LogP contribution is -2.46. The molecule has 8 heteroatoms. The standard InChI is InChI=1S/C25H23FN6O/c1-16-5-3-4-6-20(16)25-29-22(33-30-25)15-31-7-9-32(10-8-31)24-18(13-27)14-28-23-17(2)11-19(26)12-21(23)24/h3-6,11-12,14H,7-10,15H2,1-2H3. The molecule has 0 N–H and O–H groups in total. The maximum Gasteiger partial charge on any atom is 0.241 e. The summed E-state index contributed by atoms with van der Waals surface area (Å²) in [6.45, 7) is 7.32. The Morgan fingerprint density at radius 1 is 1.09 bits per heavy atom. The van der Waals surface area contributed by atoms with Crippen molar-refractivity contribution in [2.45, 2.75) is 20.4 Å². The molecule has 0 spiro atoms. The van der Waals surface area contributed by atoms with E-state index in [1.165, 1.54) is 12.1 Å². The fraction of sp³-hybridized carbons (Fsp3) is 0.280. The Kier molecular flexibility index (Phi) is 5.48. The van der Waals surface area contributed by atoms with Crippen LogP contribution in [0.2, 0.25) is 0 Å². The molecule has 5 rings (SSSR count). The third kappa shape index (κ3) is 4.03. The van der Waals surface area contributed by atoms with Crippen LogP contribution in [0.3, 0.4) is 0 Å². The maximum atomic E-state index is 14.2. The van der Waals surface area contributed by atoms with Gasteiger partial charge >= 0.3 is 0 Å². The average molecular weight is 442 g/mol. The summed E-state index contributed by atoms with van der Waals surface area (Å²) < 4.78 is 19.7. The highest BCUT2D eigenvalue weighted by molar-refractivity contribution is 5.96. The molecule has 3 heterocycles. The number of hydrogen-bond donors (Lipinski definition) is 0. The van der Waals surface area contributed by atoms with E-state index in [1.807, 2.05) is 38.1 Å². The van der Waals surface area contributed by atoms with Gasteiger partial charge in [0.05, 0.1) is 23.3 Å². The number of anilines is 1. The lowest BCUT2D eigenvalue weighted by atomic mass is 10.0. The van der Waals surface area contributed by atoms with Crippen LogP contribution in [0, 0.1) is 31.0 Å². The van der Waals surface area contributed by atoms with Crippen LogP contribution in [-0.4, -0.2) is 46.2 Å². The van der Waals surface area contributed by atoms with E-state index in [4.69, 9.17) is 4.52 Å². The monoisotopic (exact) mass is 442 g/mol. The Hall–Kier alpha value is -3.83. The summed E-state index contributed by atoms with van der Waals surface area (Å²) in [5, 5.41) is 14.5. The van der Waals surface area contributed by atoms with Crippen molar-refractivity contribution >= 4 is 16.6 Å². The quantitative estimate of drug-likeness (QED) is 0.468. The Balaban J connectivity index is 1.33. The minimum absolute atomic E-state index is 0.322. The van der Waals surface area contributed by atoms with E-state index in [-0.39, 0.29) is 5.82 Å². The number of aromatic nitrogens is 3. The molecule has 0 unspecified atom stereocenters. The van der Waals surface area contributed by atoms with Crippen LogP contribution in [0.15, 0.2) is 47.1 Å². The number of piperazine rings is 1. The van der Waals surface area contributed by atoms with E-state index in [0.717, 1.165) is 41.0 Å². The van der Waals surface area contributed by atoms with Crippen molar-refractivity contribution in [2.75, 3.05) is 31.1 Å². The van der Waals surface area contributed by atoms with E-state index in [9.17, 15) is 9.65 Å². The number of hydrogen-bond acceptors (Lipinski definition) is 7. The zero-order chi connectivity index (χ0) is 22.9. The van der Waals surface area contributed by atoms with Crippen molar-refractivity contribution in [3.05, 3.63) is 71.0 Å². The van der Waals surface area contributed by atoms with Crippen LogP contribution in [0.25, 0.3) is 22.3 Å². The molecule has 4 aromatic rings. The third-order valence-electron chi connectivity index (χ3n) is 6.12. The first-order valence-electron chi connectivity index (χ1n) is 10.9. The minimum atomic E-state index is -0.322. The number of rotatable bonds is 4. The minimum Gasteiger partial charge on any atom is -0.367 e. The average Bonchev–Trinajstić information content (AvgIpc) is 3.27. The summed E-state index contributed by atoms with van der Waals surface area (Å²) in [6.07, 6.45) is 1.58. The lowest BCUT2D eigenvalue weighted by Gasteiger charge is -2.36. The van der Waals surface area contributed by atoms with Crippen molar-refractivity contribution in [3.63, 3.8) is 0 Å². The number of benzene rings is 2. The third-order valence-corrected chi connectivity index (χ3v) is 6.12. The van der Waals surface area contributed by atoms with Crippen molar-refractivity contribution in [3.8, 4) is 17.5 Å². The molecule has 0 bridgehead atoms. The molecule has 1 fully saturated rings. The fourth-order valence-electron chi connectivity index (χ4n) is 4.42. The van der Waals surface area contributed by atoms with Crippen LogP contribution >= 0.6 is 0 Å². The van der Waals surface area contributed by atoms with Gasteiger partial charge in [0, 0.05) is 43.3 Å². The summed E-state index contributed by atoms with van der Waals surface area (Å²) >= 11 is 0. The highest BCUT2D eigenvalue weighted by Gasteiger charge is 2.24. The van der Waals surface area contributed by atoms with Crippen LogP contribution in [-0.2, 0) is 6.54 Å². The first-order valence-corrected chi connectivity index (χ1v) is 10.9. The van der Waals surface area contributed by atoms with E-state index in [2.05, 4.69) is 31.0 Å². The second-order valence-corrected chi connectivity index (χ2v) is 8.34. The number of halogens is 1. The van der Waals surface area contributed by atoms with E-state index in [0.29, 0.717) is 42.3 Å². The highest BCUT2D eigenvalue weighted by atomic mass is 19.1. The van der Waals surface area contributed by atoms with E-state index >= 15 is 0 Å². The Labute approximate surface area is 191 Å². The van der Waals surface area contributed by atoms with Crippen LogP contribution < -0.4 is 4.90 Å². The second-order valence-electron chi connectivity index (χ2n) is 8.34. The zero-order valence-electron chi connectivity index (χ0n) is 18.5. The summed E-state index contributed by atoms with van der Waals surface area (Å²) in [7, 11) is 0. The molecule has 0 atom stereocenters. The van der Waals surface area contributed by atoms with Crippen molar-refractivity contribution in [1.82, 2.24) is 20.0 Å². The predicted molar refractivity (Wildman–Crippen MR) is 123 cm³/mol. The molecular formula is C25H23FN6O. The molecule has 1 aliphatic heterocycles. The molecule has 0 aliphatic carbocycles. The first-order chi connectivity index (χ1) is 16.0. The van der Waals surface area contributed by atoms with Gasteiger partial charge in [-0.25, -0.2) is 4.39 Å². The van der Waals surface area contributed by atoms with Gasteiger partial charge in [0.25, 0.3) is 0 Å². The number of nitriles is 1. The van der Waals surface area contributed by atoms with Crippen molar-refractivity contribution in [2.24, 2.45) is 0 Å². The van der Waals surface area contributed by atoms with Crippen LogP contribution in [0.4, 0.5) is 10.1 Å². The molecule has 0 saturated carbocycles. The highest BCUT2D eigenvalue weighted by Crippen LogP contribution is 2.32. The Morgan fingerprint density at radius 3 is 2.64 bits per heavy atom. The second kappa shape index (κ2) is 8.60. The Morgan fingerprint density at radius 2 is 1.88 bits per heavy atom. The molecule has 1 saturated heterocycles. The molecule has 1 aliphatic rings. The van der Waals surface area contributed by atoms with Gasteiger partial charge in [-0.1, -0.05) is 29.4 Å². The molecule has 2 aromatic carbocycles.